The molecule has 1 aliphatic heterocycles. The summed E-state index contributed by atoms with van der Waals surface area (Å²) >= 11 is 0. The average molecular weight is 385 g/mol. The minimum atomic E-state index is -0.572. The van der Waals surface area contributed by atoms with E-state index in [4.69, 9.17) is 5.73 Å². The standard InChI is InChI=1S/C20H27N5O3/c1-3-12-5-4-6-15(21)19-22-11-17(25-19)14-8-7-13(23-20(27)28-2)10-16(14)24-18(26)9-12/h7-8,10-12,15H,3-6,9,21H2,1-2H3,(H,22,25)(H,23,27)(H,24,26)/t12?,15-/m0/s1. The fraction of sp³-hybridized carbons (Fsp3) is 0.450. The van der Waals surface area contributed by atoms with Gasteiger partial charge in [0.25, 0.3) is 0 Å². The highest BCUT2D eigenvalue weighted by Crippen LogP contribution is 2.32. The van der Waals surface area contributed by atoms with Crippen LogP contribution < -0.4 is 16.4 Å². The number of benzene rings is 1. The zero-order valence-electron chi connectivity index (χ0n) is 16.2. The number of carbonyl (C=O) groups is 2. The van der Waals surface area contributed by atoms with Crippen LogP contribution in [-0.4, -0.2) is 29.1 Å². The van der Waals surface area contributed by atoms with Gasteiger partial charge in [0.05, 0.1) is 30.7 Å². The maximum atomic E-state index is 12.7. The Hall–Kier alpha value is -2.87. The van der Waals surface area contributed by atoms with Crippen molar-refractivity contribution in [3.05, 3.63) is 30.2 Å². The number of nitrogens with zero attached hydrogens (tertiary/aromatic N) is 1. The van der Waals surface area contributed by atoms with Crippen LogP contribution in [0.15, 0.2) is 24.4 Å². The van der Waals surface area contributed by atoms with Gasteiger partial charge in [-0.1, -0.05) is 19.8 Å². The molecule has 3 rings (SSSR count). The maximum Gasteiger partial charge on any atom is 0.411 e. The molecule has 1 aliphatic rings. The number of rotatable bonds is 2. The van der Waals surface area contributed by atoms with Gasteiger partial charge in [-0.3, -0.25) is 10.1 Å². The van der Waals surface area contributed by atoms with Gasteiger partial charge in [0, 0.05) is 17.7 Å². The number of ether oxygens (including phenoxy) is 1. The summed E-state index contributed by atoms with van der Waals surface area (Å²) in [6.45, 7) is 2.10. The number of aromatic amines is 1. The normalized spacial score (nSPS) is 20.0. The van der Waals surface area contributed by atoms with Gasteiger partial charge in [-0.15, -0.1) is 0 Å². The van der Waals surface area contributed by atoms with E-state index >= 15 is 0 Å². The van der Waals surface area contributed by atoms with E-state index in [9.17, 15) is 9.59 Å². The number of carbonyl (C=O) groups excluding carboxylic acids is 2. The van der Waals surface area contributed by atoms with Crippen LogP contribution in [0.25, 0.3) is 11.3 Å². The molecule has 2 amide bonds. The summed E-state index contributed by atoms with van der Waals surface area (Å²) in [6.07, 6.45) is 5.24. The summed E-state index contributed by atoms with van der Waals surface area (Å²) in [5, 5.41) is 5.62. The maximum absolute atomic E-state index is 12.7. The van der Waals surface area contributed by atoms with Gasteiger partial charge in [-0.05, 0) is 37.0 Å². The van der Waals surface area contributed by atoms with Crippen LogP contribution in [-0.2, 0) is 9.53 Å². The van der Waals surface area contributed by atoms with E-state index in [1.54, 1.807) is 18.3 Å². The van der Waals surface area contributed by atoms with Crippen molar-refractivity contribution >= 4 is 23.4 Å². The third kappa shape index (κ3) is 4.69. The molecule has 2 aromatic rings. The predicted octanol–water partition coefficient (Wildman–Crippen LogP) is 3.79. The summed E-state index contributed by atoms with van der Waals surface area (Å²) < 4.78 is 4.64. The monoisotopic (exact) mass is 385 g/mol. The lowest BCUT2D eigenvalue weighted by Gasteiger charge is -2.17. The molecule has 8 heteroatoms. The summed E-state index contributed by atoms with van der Waals surface area (Å²) in [7, 11) is 1.30. The predicted molar refractivity (Wildman–Crippen MR) is 108 cm³/mol. The van der Waals surface area contributed by atoms with Crippen molar-refractivity contribution in [2.24, 2.45) is 11.7 Å². The lowest BCUT2D eigenvalue weighted by molar-refractivity contribution is -0.117. The second-order valence-corrected chi connectivity index (χ2v) is 7.12. The molecule has 150 valence electrons. The summed E-state index contributed by atoms with van der Waals surface area (Å²) in [4.78, 5) is 31.9. The van der Waals surface area contributed by atoms with Gasteiger partial charge in [-0.2, -0.15) is 0 Å². The molecule has 8 nitrogen and oxygen atoms in total. The van der Waals surface area contributed by atoms with Crippen molar-refractivity contribution in [1.29, 1.82) is 0 Å². The van der Waals surface area contributed by atoms with Gasteiger partial charge in [-0.25, -0.2) is 9.78 Å². The number of hydrogen-bond acceptors (Lipinski definition) is 5. The number of hydrogen-bond donors (Lipinski definition) is 4. The molecule has 0 radical (unpaired) electrons. The zero-order valence-corrected chi connectivity index (χ0v) is 16.2. The Labute approximate surface area is 164 Å². The molecule has 1 unspecified atom stereocenters. The SMILES string of the molecule is CCC1CCC[C@H](N)c2ncc([nH]2)-c2ccc(NC(=O)OC)cc2NC(=O)C1. The molecule has 0 aliphatic carbocycles. The summed E-state index contributed by atoms with van der Waals surface area (Å²) in [6, 6.07) is 5.11. The number of aromatic nitrogens is 2. The molecule has 0 spiro atoms. The molecule has 2 atom stereocenters. The molecule has 0 fully saturated rings. The lowest BCUT2D eigenvalue weighted by atomic mass is 9.94. The second kappa shape index (κ2) is 8.88. The lowest BCUT2D eigenvalue weighted by Crippen LogP contribution is -2.18. The number of amides is 2. The zero-order chi connectivity index (χ0) is 20.1. The number of imidazole rings is 1. The van der Waals surface area contributed by atoms with Crippen LogP contribution in [0.5, 0.6) is 0 Å². The van der Waals surface area contributed by atoms with Crippen LogP contribution in [0.2, 0.25) is 0 Å². The Morgan fingerprint density at radius 1 is 1.39 bits per heavy atom. The first kappa shape index (κ1) is 19.9. The van der Waals surface area contributed by atoms with Crippen molar-refractivity contribution in [1.82, 2.24) is 9.97 Å². The molecule has 2 heterocycles. The molecule has 0 saturated heterocycles. The van der Waals surface area contributed by atoms with Crippen molar-refractivity contribution < 1.29 is 14.3 Å². The highest BCUT2D eigenvalue weighted by atomic mass is 16.5. The van der Waals surface area contributed by atoms with Crippen molar-refractivity contribution in [2.45, 2.75) is 45.1 Å². The minimum Gasteiger partial charge on any atom is -0.453 e. The summed E-state index contributed by atoms with van der Waals surface area (Å²) in [5.74, 6) is 0.988. The average Bonchev–Trinajstić information content (AvgIpc) is 3.16. The Balaban J connectivity index is 1.99. The van der Waals surface area contributed by atoms with Crippen LogP contribution in [0.1, 0.15) is 50.9 Å². The number of H-pyrrole nitrogens is 1. The van der Waals surface area contributed by atoms with E-state index in [2.05, 4.69) is 32.3 Å². The fourth-order valence-corrected chi connectivity index (χ4v) is 3.47. The molecule has 5 N–H and O–H groups in total. The Kier molecular flexibility index (Phi) is 6.30. The van der Waals surface area contributed by atoms with E-state index < -0.39 is 6.09 Å². The molecule has 2 bridgehead atoms. The van der Waals surface area contributed by atoms with Crippen molar-refractivity contribution in [3.63, 3.8) is 0 Å². The fourth-order valence-electron chi connectivity index (χ4n) is 3.47. The van der Waals surface area contributed by atoms with Gasteiger partial charge >= 0.3 is 6.09 Å². The third-order valence-corrected chi connectivity index (χ3v) is 5.14. The van der Waals surface area contributed by atoms with E-state index in [1.807, 2.05) is 6.07 Å². The Morgan fingerprint density at radius 2 is 2.21 bits per heavy atom. The third-order valence-electron chi connectivity index (χ3n) is 5.14. The first-order valence-corrected chi connectivity index (χ1v) is 9.59. The summed E-state index contributed by atoms with van der Waals surface area (Å²) in [5.41, 5.74) is 8.95. The Morgan fingerprint density at radius 3 is 2.96 bits per heavy atom. The highest BCUT2D eigenvalue weighted by Gasteiger charge is 2.19. The van der Waals surface area contributed by atoms with Crippen molar-refractivity contribution in [3.8, 4) is 11.3 Å². The number of fused-ring (bicyclic) bond motifs is 4. The van der Waals surface area contributed by atoms with Crippen LogP contribution in [0.4, 0.5) is 16.2 Å². The molecular weight excluding hydrogens is 358 g/mol. The molecule has 28 heavy (non-hydrogen) atoms. The second-order valence-electron chi connectivity index (χ2n) is 7.12. The quantitative estimate of drug-likeness (QED) is 0.626. The first-order valence-electron chi connectivity index (χ1n) is 9.59. The number of nitrogens with two attached hydrogens (primary N) is 1. The topological polar surface area (TPSA) is 122 Å². The van der Waals surface area contributed by atoms with E-state index in [0.29, 0.717) is 23.7 Å². The largest absolute Gasteiger partial charge is 0.453 e. The van der Waals surface area contributed by atoms with Crippen LogP contribution in [0, 0.1) is 5.92 Å². The Bertz CT molecular complexity index is 848. The minimum absolute atomic E-state index is 0.0494. The van der Waals surface area contributed by atoms with Gasteiger partial charge < -0.3 is 20.8 Å². The van der Waals surface area contributed by atoms with E-state index in [1.165, 1.54) is 7.11 Å². The number of nitrogens with one attached hydrogen (secondary N) is 3. The molecule has 0 saturated carbocycles. The smallest absolute Gasteiger partial charge is 0.411 e. The molecule has 1 aromatic carbocycles. The highest BCUT2D eigenvalue weighted by molar-refractivity contribution is 5.97. The van der Waals surface area contributed by atoms with Gasteiger partial charge in [0.1, 0.15) is 5.82 Å². The van der Waals surface area contributed by atoms with Crippen LogP contribution in [0.3, 0.4) is 0 Å². The first-order chi connectivity index (χ1) is 13.5. The number of methoxy groups -OCH3 is 1. The molecular formula is C20H27N5O3. The van der Waals surface area contributed by atoms with E-state index in [0.717, 1.165) is 42.8 Å². The number of anilines is 2. The van der Waals surface area contributed by atoms with Crippen molar-refractivity contribution in [2.75, 3.05) is 17.7 Å². The van der Waals surface area contributed by atoms with Gasteiger partial charge in [0.15, 0.2) is 0 Å². The van der Waals surface area contributed by atoms with Crippen LogP contribution >= 0.6 is 0 Å². The van der Waals surface area contributed by atoms with Gasteiger partial charge in [0.2, 0.25) is 5.91 Å². The van der Waals surface area contributed by atoms with E-state index in [-0.39, 0.29) is 11.9 Å². The molecule has 1 aromatic heterocycles.